The van der Waals surface area contributed by atoms with Crippen molar-refractivity contribution in [1.29, 1.82) is 0 Å². The summed E-state index contributed by atoms with van der Waals surface area (Å²) in [6.07, 6.45) is 3.34. The molecule has 0 radical (unpaired) electrons. The second-order valence-corrected chi connectivity index (χ2v) is 8.03. The number of rotatable bonds is 5. The zero-order valence-corrected chi connectivity index (χ0v) is 17.0. The van der Waals surface area contributed by atoms with Crippen molar-refractivity contribution >= 4 is 21.8 Å². The molecule has 0 unspecified atom stereocenters. The van der Waals surface area contributed by atoms with Crippen molar-refractivity contribution in [3.63, 3.8) is 0 Å². The zero-order valence-electron chi connectivity index (χ0n) is 15.5. The Balaban J connectivity index is 1.56. The van der Waals surface area contributed by atoms with Gasteiger partial charge < -0.3 is 10.1 Å². The summed E-state index contributed by atoms with van der Waals surface area (Å²) in [5.74, 6) is -0.117. The van der Waals surface area contributed by atoms with Crippen LogP contribution in [-0.4, -0.2) is 35.9 Å². The van der Waals surface area contributed by atoms with Crippen LogP contribution < -0.4 is 5.32 Å². The average Bonchev–Trinajstić information content (AvgIpc) is 3.23. The van der Waals surface area contributed by atoms with E-state index in [4.69, 9.17) is 4.74 Å². The Morgan fingerprint density at radius 3 is 2.68 bits per heavy atom. The Labute approximate surface area is 172 Å². The highest BCUT2D eigenvalue weighted by molar-refractivity contribution is 9.10. The third kappa shape index (κ3) is 3.88. The molecule has 1 saturated heterocycles. The first kappa shape index (κ1) is 18.9. The first-order valence-electron chi connectivity index (χ1n) is 9.39. The van der Waals surface area contributed by atoms with Crippen LogP contribution in [0.5, 0.6) is 0 Å². The fourth-order valence-electron chi connectivity index (χ4n) is 3.78. The van der Waals surface area contributed by atoms with E-state index in [9.17, 15) is 4.79 Å². The molecule has 6 heteroatoms. The highest BCUT2D eigenvalue weighted by Gasteiger charge is 2.35. The Morgan fingerprint density at radius 1 is 1.14 bits per heavy atom. The number of ether oxygens (including phenoxy) is 1. The normalized spacial score (nSPS) is 15.9. The second-order valence-electron chi connectivity index (χ2n) is 7.11. The van der Waals surface area contributed by atoms with Crippen LogP contribution >= 0.6 is 15.9 Å². The van der Waals surface area contributed by atoms with Crippen LogP contribution in [-0.2, 0) is 10.2 Å². The lowest BCUT2D eigenvalue weighted by atomic mass is 9.74. The lowest BCUT2D eigenvalue weighted by molar-refractivity contribution is 0.0487. The van der Waals surface area contributed by atoms with Crippen LogP contribution in [0.2, 0.25) is 0 Å². The summed E-state index contributed by atoms with van der Waals surface area (Å²) in [7, 11) is 0. The summed E-state index contributed by atoms with van der Waals surface area (Å²) < 4.78 is 6.64. The van der Waals surface area contributed by atoms with E-state index in [2.05, 4.69) is 43.6 Å². The quantitative estimate of drug-likeness (QED) is 0.621. The SMILES string of the molecule is O=C(NCC1(c2cccc(Br)c2)CCOCC1)c1cn[nH]c1-c1ccccc1. The van der Waals surface area contributed by atoms with E-state index in [0.29, 0.717) is 25.3 Å². The number of aromatic nitrogens is 2. The third-order valence-corrected chi connectivity index (χ3v) is 5.91. The van der Waals surface area contributed by atoms with Crippen molar-refractivity contribution in [3.8, 4) is 11.3 Å². The van der Waals surface area contributed by atoms with Gasteiger partial charge in [0, 0.05) is 35.2 Å². The number of carbonyl (C=O) groups is 1. The van der Waals surface area contributed by atoms with E-state index in [0.717, 1.165) is 28.6 Å². The first-order chi connectivity index (χ1) is 13.7. The molecule has 2 heterocycles. The van der Waals surface area contributed by atoms with Crippen LogP contribution in [0.4, 0.5) is 0 Å². The molecule has 0 atom stereocenters. The summed E-state index contributed by atoms with van der Waals surface area (Å²) in [5, 5.41) is 10.2. The van der Waals surface area contributed by atoms with Crippen LogP contribution in [0, 0.1) is 0 Å². The Bertz CT molecular complexity index is 949. The fraction of sp³-hybridized carbons (Fsp3) is 0.273. The molecule has 3 aromatic rings. The molecule has 0 bridgehead atoms. The van der Waals surface area contributed by atoms with E-state index in [1.165, 1.54) is 5.56 Å². The highest BCUT2D eigenvalue weighted by atomic mass is 79.9. The molecule has 28 heavy (non-hydrogen) atoms. The molecular formula is C22H22BrN3O2. The molecule has 0 aliphatic carbocycles. The summed E-state index contributed by atoms with van der Waals surface area (Å²) in [5.41, 5.74) is 3.33. The Morgan fingerprint density at radius 2 is 1.93 bits per heavy atom. The topological polar surface area (TPSA) is 67.0 Å². The molecule has 0 spiro atoms. The van der Waals surface area contributed by atoms with Gasteiger partial charge in [-0.1, -0.05) is 58.4 Å². The van der Waals surface area contributed by atoms with E-state index >= 15 is 0 Å². The monoisotopic (exact) mass is 439 g/mol. The van der Waals surface area contributed by atoms with Crippen molar-refractivity contribution in [2.75, 3.05) is 19.8 Å². The number of hydrogen-bond acceptors (Lipinski definition) is 3. The van der Waals surface area contributed by atoms with Gasteiger partial charge in [0.25, 0.3) is 5.91 Å². The van der Waals surface area contributed by atoms with Crippen LogP contribution in [0.15, 0.2) is 65.3 Å². The zero-order chi connectivity index (χ0) is 19.4. The van der Waals surface area contributed by atoms with Crippen molar-refractivity contribution in [3.05, 3.63) is 76.4 Å². The molecule has 5 nitrogen and oxygen atoms in total. The van der Waals surface area contributed by atoms with E-state index in [1.807, 2.05) is 42.5 Å². The van der Waals surface area contributed by atoms with Gasteiger partial charge in [-0.25, -0.2) is 0 Å². The number of amides is 1. The van der Waals surface area contributed by atoms with Gasteiger partial charge in [0.15, 0.2) is 0 Å². The lowest BCUT2D eigenvalue weighted by Gasteiger charge is -2.38. The lowest BCUT2D eigenvalue weighted by Crippen LogP contribution is -2.44. The minimum Gasteiger partial charge on any atom is -0.381 e. The van der Waals surface area contributed by atoms with Gasteiger partial charge in [-0.15, -0.1) is 0 Å². The van der Waals surface area contributed by atoms with Gasteiger partial charge >= 0.3 is 0 Å². The Hall–Kier alpha value is -2.44. The molecular weight excluding hydrogens is 418 g/mol. The molecule has 144 valence electrons. The van der Waals surface area contributed by atoms with Gasteiger partial charge in [0.1, 0.15) is 0 Å². The standard InChI is InChI=1S/C22H22BrN3O2/c23-18-8-4-7-17(13-18)22(9-11-28-12-10-22)15-24-21(27)19-14-25-26-20(19)16-5-2-1-3-6-16/h1-8,13-14H,9-12,15H2,(H,24,27)(H,25,26). The maximum Gasteiger partial charge on any atom is 0.255 e. The van der Waals surface area contributed by atoms with Gasteiger partial charge in [0.2, 0.25) is 0 Å². The summed E-state index contributed by atoms with van der Waals surface area (Å²) in [4.78, 5) is 13.0. The minimum atomic E-state index is -0.131. The van der Waals surface area contributed by atoms with Crippen LogP contribution in [0.25, 0.3) is 11.3 Å². The van der Waals surface area contributed by atoms with E-state index < -0.39 is 0 Å². The molecule has 1 aliphatic rings. The number of benzene rings is 2. The number of H-pyrrole nitrogens is 1. The number of nitrogens with one attached hydrogen (secondary N) is 2. The number of aromatic amines is 1. The van der Waals surface area contributed by atoms with Gasteiger partial charge in [-0.2, -0.15) is 5.10 Å². The molecule has 2 aromatic carbocycles. The number of carbonyl (C=O) groups excluding carboxylic acids is 1. The maximum absolute atomic E-state index is 13.0. The fourth-order valence-corrected chi connectivity index (χ4v) is 4.18. The molecule has 1 fully saturated rings. The largest absolute Gasteiger partial charge is 0.381 e. The number of nitrogens with zero attached hydrogens (tertiary/aromatic N) is 1. The maximum atomic E-state index is 13.0. The molecule has 4 rings (SSSR count). The average molecular weight is 440 g/mol. The summed E-state index contributed by atoms with van der Waals surface area (Å²) in [6, 6.07) is 18.1. The van der Waals surface area contributed by atoms with Crippen molar-refractivity contribution in [2.45, 2.75) is 18.3 Å². The van der Waals surface area contributed by atoms with E-state index in [-0.39, 0.29) is 11.3 Å². The smallest absolute Gasteiger partial charge is 0.255 e. The van der Waals surface area contributed by atoms with Gasteiger partial charge in [-0.3, -0.25) is 9.89 Å². The molecule has 1 amide bonds. The molecule has 1 aliphatic heterocycles. The summed E-state index contributed by atoms with van der Waals surface area (Å²) >= 11 is 3.57. The minimum absolute atomic E-state index is 0.117. The van der Waals surface area contributed by atoms with Crippen molar-refractivity contribution < 1.29 is 9.53 Å². The number of halogens is 1. The first-order valence-corrected chi connectivity index (χ1v) is 10.2. The molecule has 0 saturated carbocycles. The Kier molecular flexibility index (Phi) is 5.59. The van der Waals surface area contributed by atoms with Crippen molar-refractivity contribution in [2.24, 2.45) is 0 Å². The van der Waals surface area contributed by atoms with E-state index in [1.54, 1.807) is 6.20 Å². The number of hydrogen-bond donors (Lipinski definition) is 2. The highest BCUT2D eigenvalue weighted by Crippen LogP contribution is 2.35. The molecule has 2 N–H and O–H groups in total. The van der Waals surface area contributed by atoms with Gasteiger partial charge in [-0.05, 0) is 30.5 Å². The summed E-state index contributed by atoms with van der Waals surface area (Å²) in [6.45, 7) is 1.96. The molecule has 1 aromatic heterocycles. The van der Waals surface area contributed by atoms with Crippen LogP contribution in [0.3, 0.4) is 0 Å². The van der Waals surface area contributed by atoms with Gasteiger partial charge in [0.05, 0.1) is 17.5 Å². The predicted molar refractivity (Wildman–Crippen MR) is 112 cm³/mol. The third-order valence-electron chi connectivity index (χ3n) is 5.42. The second kappa shape index (κ2) is 8.29. The van der Waals surface area contributed by atoms with Crippen LogP contribution in [0.1, 0.15) is 28.8 Å². The van der Waals surface area contributed by atoms with Crippen molar-refractivity contribution in [1.82, 2.24) is 15.5 Å². The predicted octanol–water partition coefficient (Wildman–Crippen LogP) is 4.32.